The number of benzene rings is 1. The summed E-state index contributed by atoms with van der Waals surface area (Å²) in [6.07, 6.45) is 12.9. The first kappa shape index (κ1) is 20.1. The van der Waals surface area contributed by atoms with Gasteiger partial charge in [0.2, 0.25) is 0 Å². The minimum atomic E-state index is -0.0258. The molecule has 2 aliphatic rings. The summed E-state index contributed by atoms with van der Waals surface area (Å²) in [6, 6.07) is 17.0. The predicted octanol–water partition coefficient (Wildman–Crippen LogP) is 5.57. The monoisotopic (exact) mass is 432 g/mol. The Morgan fingerprint density at radius 2 is 1.94 bits per heavy atom. The normalized spacial score (nSPS) is 21.8. The molecule has 31 heavy (non-hydrogen) atoms. The van der Waals surface area contributed by atoms with Gasteiger partial charge in [0.1, 0.15) is 5.75 Å². The highest BCUT2D eigenvalue weighted by atomic mass is 32.1. The molecule has 5 rings (SSSR count). The second-order valence-electron chi connectivity index (χ2n) is 8.38. The second-order valence-corrected chi connectivity index (χ2v) is 8.77. The lowest BCUT2D eigenvalue weighted by Gasteiger charge is -2.28. The van der Waals surface area contributed by atoms with E-state index in [4.69, 9.17) is 17.0 Å². The predicted molar refractivity (Wildman–Crippen MR) is 127 cm³/mol. The molecule has 5 nitrogen and oxygen atoms in total. The van der Waals surface area contributed by atoms with Crippen molar-refractivity contribution < 1.29 is 4.74 Å². The van der Waals surface area contributed by atoms with Gasteiger partial charge in [0.15, 0.2) is 5.11 Å². The number of nitrogens with zero attached hydrogens (tertiary/aromatic N) is 3. The third-order valence-electron chi connectivity index (χ3n) is 6.50. The lowest BCUT2D eigenvalue weighted by Crippen LogP contribution is -2.29. The highest BCUT2D eigenvalue weighted by Crippen LogP contribution is 2.42. The van der Waals surface area contributed by atoms with Crippen LogP contribution in [0.4, 0.5) is 5.69 Å². The average Bonchev–Trinajstić information content (AvgIpc) is 3.45. The van der Waals surface area contributed by atoms with Gasteiger partial charge in [-0.15, -0.1) is 0 Å². The van der Waals surface area contributed by atoms with Gasteiger partial charge in [-0.25, -0.2) is 0 Å². The van der Waals surface area contributed by atoms with Crippen LogP contribution in [0.1, 0.15) is 61.5 Å². The number of hydrogen-bond donors (Lipinski definition) is 1. The van der Waals surface area contributed by atoms with Crippen LogP contribution >= 0.6 is 12.2 Å². The standard InChI is InChI=1S/C25H28N4OS/c1-30-21-11-7-10-20(16-21)29-24(23(27-25(29)31)22-12-5-6-14-26-22)18-13-15-28(17-18)19-8-3-2-4-9-19/h5-7,10-17,19,23-24H,2-4,8-9H2,1H3,(H,27,31)/t23-,24-/m0/s1. The Bertz CT molecular complexity index is 1040. The summed E-state index contributed by atoms with van der Waals surface area (Å²) >= 11 is 5.83. The zero-order valence-electron chi connectivity index (χ0n) is 17.8. The SMILES string of the molecule is COc1cccc(N2C(=S)N[C@@H](c3ccccn3)[C@@H]2c2ccn(C3CCCCC3)c2)c1. The summed E-state index contributed by atoms with van der Waals surface area (Å²) in [5.41, 5.74) is 3.26. The molecule has 1 saturated heterocycles. The van der Waals surface area contributed by atoms with Crippen LogP contribution in [-0.2, 0) is 0 Å². The van der Waals surface area contributed by atoms with Crippen molar-refractivity contribution in [2.24, 2.45) is 0 Å². The summed E-state index contributed by atoms with van der Waals surface area (Å²) in [4.78, 5) is 6.86. The van der Waals surface area contributed by atoms with E-state index in [1.165, 1.54) is 37.7 Å². The molecular weight excluding hydrogens is 404 g/mol. The summed E-state index contributed by atoms with van der Waals surface area (Å²) in [5, 5.41) is 4.25. The van der Waals surface area contributed by atoms with Crippen molar-refractivity contribution in [2.75, 3.05) is 12.0 Å². The molecule has 0 radical (unpaired) electrons. The van der Waals surface area contributed by atoms with Gasteiger partial charge < -0.3 is 19.5 Å². The van der Waals surface area contributed by atoms with E-state index in [1.54, 1.807) is 7.11 Å². The number of anilines is 1. The zero-order valence-corrected chi connectivity index (χ0v) is 18.6. The van der Waals surface area contributed by atoms with Crippen LogP contribution in [0.3, 0.4) is 0 Å². The molecule has 160 valence electrons. The molecule has 3 heterocycles. The van der Waals surface area contributed by atoms with Crippen molar-refractivity contribution >= 4 is 23.0 Å². The number of methoxy groups -OCH3 is 1. The number of hydrogen-bond acceptors (Lipinski definition) is 3. The molecule has 2 aromatic heterocycles. The number of nitrogens with one attached hydrogen (secondary N) is 1. The quantitative estimate of drug-likeness (QED) is 0.534. The van der Waals surface area contributed by atoms with E-state index < -0.39 is 0 Å². The fourth-order valence-corrected chi connectivity index (χ4v) is 5.29. The van der Waals surface area contributed by atoms with Gasteiger partial charge in [0, 0.05) is 36.4 Å². The van der Waals surface area contributed by atoms with E-state index in [9.17, 15) is 0 Å². The van der Waals surface area contributed by atoms with Gasteiger partial charge in [-0.3, -0.25) is 4.98 Å². The number of pyridine rings is 1. The lowest BCUT2D eigenvalue weighted by molar-refractivity contribution is 0.353. The van der Waals surface area contributed by atoms with Gasteiger partial charge in [-0.2, -0.15) is 0 Å². The summed E-state index contributed by atoms with van der Waals surface area (Å²) < 4.78 is 7.89. The number of thiocarbonyl (C=S) groups is 1. The molecular formula is C25H28N4OS. The van der Waals surface area contributed by atoms with Crippen molar-refractivity contribution in [3.05, 3.63) is 78.4 Å². The van der Waals surface area contributed by atoms with Crippen LogP contribution in [0.5, 0.6) is 5.75 Å². The van der Waals surface area contributed by atoms with Crippen molar-refractivity contribution in [1.82, 2.24) is 14.9 Å². The Morgan fingerprint density at radius 3 is 2.71 bits per heavy atom. The van der Waals surface area contributed by atoms with Crippen molar-refractivity contribution in [3.8, 4) is 5.75 Å². The summed E-state index contributed by atoms with van der Waals surface area (Å²) in [7, 11) is 1.69. The van der Waals surface area contributed by atoms with Gasteiger partial charge in [0.25, 0.3) is 0 Å². The Labute approximate surface area is 189 Å². The smallest absolute Gasteiger partial charge is 0.174 e. The van der Waals surface area contributed by atoms with Crippen molar-refractivity contribution in [3.63, 3.8) is 0 Å². The number of ether oxygens (including phenoxy) is 1. The first-order valence-electron chi connectivity index (χ1n) is 11.1. The van der Waals surface area contributed by atoms with E-state index >= 15 is 0 Å². The second kappa shape index (κ2) is 8.71. The van der Waals surface area contributed by atoms with E-state index in [0.717, 1.165) is 17.1 Å². The molecule has 1 aliphatic carbocycles. The summed E-state index contributed by atoms with van der Waals surface area (Å²) in [5.74, 6) is 0.820. The number of aromatic nitrogens is 2. The zero-order chi connectivity index (χ0) is 21.2. The van der Waals surface area contributed by atoms with Gasteiger partial charge >= 0.3 is 0 Å². The topological polar surface area (TPSA) is 42.3 Å². The van der Waals surface area contributed by atoms with E-state index in [0.29, 0.717) is 11.2 Å². The molecule has 0 amide bonds. The maximum atomic E-state index is 5.83. The molecule has 6 heteroatoms. The molecule has 2 atom stereocenters. The molecule has 1 N–H and O–H groups in total. The highest BCUT2D eigenvalue weighted by molar-refractivity contribution is 7.80. The van der Waals surface area contributed by atoms with Gasteiger partial charge in [-0.1, -0.05) is 31.4 Å². The Hall–Kier alpha value is -2.86. The largest absolute Gasteiger partial charge is 0.497 e. The van der Waals surface area contributed by atoms with Crippen molar-refractivity contribution in [2.45, 2.75) is 50.2 Å². The number of rotatable bonds is 5. The van der Waals surface area contributed by atoms with Crippen LogP contribution in [-0.4, -0.2) is 21.8 Å². The molecule has 0 unspecified atom stereocenters. The molecule has 3 aromatic rings. The third-order valence-corrected chi connectivity index (χ3v) is 6.82. The molecule has 2 fully saturated rings. The minimum absolute atomic E-state index is 0.0133. The van der Waals surface area contributed by atoms with Crippen LogP contribution < -0.4 is 15.0 Å². The van der Waals surface area contributed by atoms with Gasteiger partial charge in [-0.05, 0) is 61.0 Å². The average molecular weight is 433 g/mol. The fraction of sp³-hybridized carbons (Fsp3) is 0.360. The molecule has 0 bridgehead atoms. The van der Waals surface area contributed by atoms with E-state index in [2.05, 4.69) is 50.4 Å². The maximum absolute atomic E-state index is 5.83. The Balaban J connectivity index is 1.55. The van der Waals surface area contributed by atoms with E-state index in [1.807, 2.05) is 36.5 Å². The van der Waals surface area contributed by atoms with Crippen LogP contribution in [0.25, 0.3) is 0 Å². The first-order valence-corrected chi connectivity index (χ1v) is 11.5. The van der Waals surface area contributed by atoms with Crippen LogP contribution in [0, 0.1) is 0 Å². The van der Waals surface area contributed by atoms with Crippen LogP contribution in [0.15, 0.2) is 67.1 Å². The minimum Gasteiger partial charge on any atom is -0.497 e. The van der Waals surface area contributed by atoms with Gasteiger partial charge in [0.05, 0.1) is 24.9 Å². The maximum Gasteiger partial charge on any atom is 0.174 e. The summed E-state index contributed by atoms with van der Waals surface area (Å²) in [6.45, 7) is 0. The van der Waals surface area contributed by atoms with Crippen molar-refractivity contribution in [1.29, 1.82) is 0 Å². The lowest BCUT2D eigenvalue weighted by atomic mass is 9.95. The van der Waals surface area contributed by atoms with Crippen LogP contribution in [0.2, 0.25) is 0 Å². The Kier molecular flexibility index (Phi) is 5.64. The Morgan fingerprint density at radius 1 is 1.06 bits per heavy atom. The highest BCUT2D eigenvalue weighted by Gasteiger charge is 2.41. The van der Waals surface area contributed by atoms with E-state index in [-0.39, 0.29) is 12.1 Å². The molecule has 0 spiro atoms. The fourth-order valence-electron chi connectivity index (χ4n) is 4.94. The molecule has 1 aliphatic heterocycles. The third kappa shape index (κ3) is 3.92. The molecule has 1 aromatic carbocycles. The molecule has 1 saturated carbocycles. The first-order chi connectivity index (χ1) is 15.2.